The monoisotopic (exact) mass is 296 g/mol. The van der Waals surface area contributed by atoms with Gasteiger partial charge in [0.1, 0.15) is 5.75 Å². The van der Waals surface area contributed by atoms with Crippen molar-refractivity contribution in [3.8, 4) is 5.75 Å². The Morgan fingerprint density at radius 2 is 2.05 bits per heavy atom. The lowest BCUT2D eigenvalue weighted by Crippen LogP contribution is -2.06. The Hall–Kier alpha value is -1.37. The Morgan fingerprint density at radius 3 is 2.80 bits per heavy atom. The Kier molecular flexibility index (Phi) is 5.58. The van der Waals surface area contributed by atoms with Crippen molar-refractivity contribution in [1.29, 1.82) is 0 Å². The fourth-order valence-corrected chi connectivity index (χ4v) is 2.36. The van der Waals surface area contributed by atoms with E-state index in [9.17, 15) is 0 Å². The molecule has 0 atom stereocenters. The van der Waals surface area contributed by atoms with Gasteiger partial charge in [-0.25, -0.2) is 0 Å². The van der Waals surface area contributed by atoms with E-state index in [2.05, 4.69) is 9.55 Å². The van der Waals surface area contributed by atoms with E-state index in [1.165, 1.54) is 0 Å². The highest BCUT2D eigenvalue weighted by molar-refractivity contribution is 7.71. The number of aryl methyl sites for hydroxylation is 1. The molecule has 0 saturated carbocycles. The number of hydrogen-bond donors (Lipinski definition) is 1. The average Bonchev–Trinajstić information content (AvgIpc) is 2.77. The minimum absolute atomic E-state index is 0.631. The molecule has 0 aliphatic rings. The maximum absolute atomic E-state index is 5.46. The van der Waals surface area contributed by atoms with Crippen molar-refractivity contribution < 1.29 is 14.2 Å². The molecule has 0 amide bonds. The molecule has 2 aromatic rings. The number of benzene rings is 1. The van der Waals surface area contributed by atoms with E-state index in [4.69, 9.17) is 26.4 Å². The van der Waals surface area contributed by atoms with Crippen LogP contribution in [0.1, 0.15) is 6.42 Å². The molecule has 0 unspecified atom stereocenters. The molecule has 0 fully saturated rings. The predicted octanol–water partition coefficient (Wildman–Crippen LogP) is 2.76. The van der Waals surface area contributed by atoms with Gasteiger partial charge in [0.05, 0.1) is 31.4 Å². The number of nitrogens with one attached hydrogen (secondary N) is 1. The lowest BCUT2D eigenvalue weighted by atomic mass is 10.3. The maximum atomic E-state index is 5.46. The van der Waals surface area contributed by atoms with Gasteiger partial charge in [0.15, 0.2) is 4.77 Å². The van der Waals surface area contributed by atoms with E-state index in [1.54, 1.807) is 14.2 Å². The van der Waals surface area contributed by atoms with Crippen LogP contribution >= 0.6 is 12.2 Å². The molecule has 20 heavy (non-hydrogen) atoms. The van der Waals surface area contributed by atoms with E-state index in [1.807, 2.05) is 18.2 Å². The Morgan fingerprint density at radius 1 is 1.20 bits per heavy atom. The number of aromatic nitrogens is 2. The van der Waals surface area contributed by atoms with E-state index in [-0.39, 0.29) is 0 Å². The van der Waals surface area contributed by atoms with Crippen LogP contribution in [0.2, 0.25) is 0 Å². The molecular formula is C14H20N2O3S. The zero-order chi connectivity index (χ0) is 14.4. The number of nitrogens with zero attached hydrogens (tertiary/aromatic N) is 1. The number of aromatic amines is 1. The van der Waals surface area contributed by atoms with Gasteiger partial charge in [-0.05, 0) is 30.8 Å². The van der Waals surface area contributed by atoms with E-state index in [0.717, 1.165) is 34.5 Å². The molecule has 1 heterocycles. The van der Waals surface area contributed by atoms with Crippen LogP contribution in [0, 0.1) is 4.77 Å². The van der Waals surface area contributed by atoms with Crippen molar-refractivity contribution in [2.45, 2.75) is 13.0 Å². The summed E-state index contributed by atoms with van der Waals surface area (Å²) in [5.41, 5.74) is 2.09. The van der Waals surface area contributed by atoms with Crippen LogP contribution in [0.25, 0.3) is 11.0 Å². The molecule has 6 heteroatoms. The fraction of sp³-hybridized carbons (Fsp3) is 0.500. The van der Waals surface area contributed by atoms with Crippen LogP contribution in [-0.4, -0.2) is 43.6 Å². The average molecular weight is 296 g/mol. The number of fused-ring (bicyclic) bond motifs is 1. The quantitative estimate of drug-likeness (QED) is 0.601. The molecule has 2 rings (SSSR count). The zero-order valence-corrected chi connectivity index (χ0v) is 12.7. The van der Waals surface area contributed by atoms with Crippen LogP contribution in [0.3, 0.4) is 0 Å². The summed E-state index contributed by atoms with van der Waals surface area (Å²) in [5.74, 6) is 0.823. The number of hydrogen-bond acceptors (Lipinski definition) is 4. The Labute approximate surface area is 123 Å². The second-order valence-corrected chi connectivity index (χ2v) is 4.81. The largest absolute Gasteiger partial charge is 0.497 e. The molecule has 0 aliphatic carbocycles. The molecule has 110 valence electrons. The van der Waals surface area contributed by atoms with Crippen LogP contribution in [-0.2, 0) is 16.0 Å². The molecule has 5 nitrogen and oxygen atoms in total. The summed E-state index contributed by atoms with van der Waals surface area (Å²) < 4.78 is 18.4. The van der Waals surface area contributed by atoms with Crippen molar-refractivity contribution in [2.75, 3.05) is 34.0 Å². The molecule has 0 aliphatic heterocycles. The first-order valence-corrected chi connectivity index (χ1v) is 7.00. The summed E-state index contributed by atoms with van der Waals surface area (Å²) in [5, 5.41) is 0. The lowest BCUT2D eigenvalue weighted by molar-refractivity contribution is 0.0681. The number of ether oxygens (including phenoxy) is 3. The third kappa shape index (κ3) is 3.59. The first-order valence-electron chi connectivity index (χ1n) is 6.59. The summed E-state index contributed by atoms with van der Waals surface area (Å²) in [6.07, 6.45) is 0.914. The number of H-pyrrole nitrogens is 1. The standard InChI is InChI=1S/C14H20N2O3S/c1-17-8-9-19-7-3-6-16-13-5-4-11(18-2)10-12(13)15-14(16)20/h4-5,10H,3,6-9H2,1-2H3,(H,15,20). The lowest BCUT2D eigenvalue weighted by Gasteiger charge is -2.06. The SMILES string of the molecule is COCCOCCCn1c(=S)[nH]c2cc(OC)ccc21. The van der Waals surface area contributed by atoms with Gasteiger partial charge in [0, 0.05) is 26.3 Å². The van der Waals surface area contributed by atoms with Crippen molar-refractivity contribution in [3.63, 3.8) is 0 Å². The van der Waals surface area contributed by atoms with Gasteiger partial charge < -0.3 is 23.8 Å². The first kappa shape index (κ1) is 15.0. The molecule has 1 N–H and O–H groups in total. The van der Waals surface area contributed by atoms with Crippen molar-refractivity contribution in [3.05, 3.63) is 23.0 Å². The summed E-state index contributed by atoms with van der Waals surface area (Å²) >= 11 is 5.36. The van der Waals surface area contributed by atoms with E-state index in [0.29, 0.717) is 19.8 Å². The van der Waals surface area contributed by atoms with Gasteiger partial charge in [-0.3, -0.25) is 0 Å². The molecule has 0 radical (unpaired) electrons. The van der Waals surface area contributed by atoms with Gasteiger partial charge in [-0.15, -0.1) is 0 Å². The Balaban J connectivity index is 1.99. The highest BCUT2D eigenvalue weighted by Gasteiger charge is 2.05. The molecule has 0 spiro atoms. The predicted molar refractivity (Wildman–Crippen MR) is 81.0 cm³/mol. The van der Waals surface area contributed by atoms with Gasteiger partial charge >= 0.3 is 0 Å². The van der Waals surface area contributed by atoms with Crippen molar-refractivity contribution in [2.24, 2.45) is 0 Å². The minimum Gasteiger partial charge on any atom is -0.497 e. The topological polar surface area (TPSA) is 48.4 Å². The number of rotatable bonds is 8. The van der Waals surface area contributed by atoms with E-state index < -0.39 is 0 Å². The summed E-state index contributed by atoms with van der Waals surface area (Å²) in [6.45, 7) is 2.80. The Bertz CT molecular complexity index is 606. The van der Waals surface area contributed by atoms with Crippen LogP contribution in [0.15, 0.2) is 18.2 Å². The summed E-state index contributed by atoms with van der Waals surface area (Å²) in [7, 11) is 3.33. The number of methoxy groups -OCH3 is 2. The molecule has 1 aromatic carbocycles. The third-order valence-corrected chi connectivity index (χ3v) is 3.41. The second-order valence-electron chi connectivity index (χ2n) is 4.42. The minimum atomic E-state index is 0.631. The number of imidazole rings is 1. The van der Waals surface area contributed by atoms with Crippen LogP contribution in [0.4, 0.5) is 0 Å². The van der Waals surface area contributed by atoms with Crippen molar-refractivity contribution >= 4 is 23.3 Å². The normalized spacial score (nSPS) is 11.1. The third-order valence-electron chi connectivity index (χ3n) is 3.08. The highest BCUT2D eigenvalue weighted by Crippen LogP contribution is 2.20. The van der Waals surface area contributed by atoms with Gasteiger partial charge in [0.25, 0.3) is 0 Å². The van der Waals surface area contributed by atoms with E-state index >= 15 is 0 Å². The molecular weight excluding hydrogens is 276 g/mol. The fourth-order valence-electron chi connectivity index (χ4n) is 2.06. The van der Waals surface area contributed by atoms with Gasteiger partial charge in [-0.2, -0.15) is 0 Å². The molecule has 0 bridgehead atoms. The summed E-state index contributed by atoms with van der Waals surface area (Å²) in [4.78, 5) is 3.20. The maximum Gasteiger partial charge on any atom is 0.178 e. The van der Waals surface area contributed by atoms with Gasteiger partial charge in [0.2, 0.25) is 0 Å². The second kappa shape index (κ2) is 7.42. The smallest absolute Gasteiger partial charge is 0.178 e. The zero-order valence-electron chi connectivity index (χ0n) is 11.8. The highest BCUT2D eigenvalue weighted by atomic mass is 32.1. The van der Waals surface area contributed by atoms with Crippen LogP contribution in [0.5, 0.6) is 5.75 Å². The van der Waals surface area contributed by atoms with Gasteiger partial charge in [-0.1, -0.05) is 0 Å². The van der Waals surface area contributed by atoms with Crippen molar-refractivity contribution in [1.82, 2.24) is 9.55 Å². The summed E-state index contributed by atoms with van der Waals surface area (Å²) in [6, 6.07) is 5.92. The molecule has 0 saturated heterocycles. The molecule has 1 aromatic heterocycles. The van der Waals surface area contributed by atoms with Crippen LogP contribution < -0.4 is 4.74 Å². The first-order chi connectivity index (χ1) is 9.76.